The first kappa shape index (κ1) is 18.7. The Morgan fingerprint density at radius 2 is 2.04 bits per heavy atom. The number of aliphatic hydroxyl groups excluding tert-OH is 1. The van der Waals surface area contributed by atoms with Crippen molar-refractivity contribution in [3.05, 3.63) is 35.9 Å². The molecule has 0 bridgehead atoms. The van der Waals surface area contributed by atoms with Crippen molar-refractivity contribution in [1.82, 2.24) is 10.2 Å². The SMILES string of the molecule is CC(C)(C)OC(=O)NC[C@]1(O)CCN(Cc2ccccc2)C[C@H]1O. The Hall–Kier alpha value is -1.63. The quantitative estimate of drug-likeness (QED) is 0.776. The fourth-order valence-electron chi connectivity index (χ4n) is 2.75. The number of nitrogens with one attached hydrogen (secondary N) is 1. The van der Waals surface area contributed by atoms with E-state index in [1.54, 1.807) is 20.8 Å². The van der Waals surface area contributed by atoms with Gasteiger partial charge < -0.3 is 20.3 Å². The van der Waals surface area contributed by atoms with Crippen LogP contribution in [-0.4, -0.2) is 58.1 Å². The number of carbonyl (C=O) groups is 1. The average molecular weight is 336 g/mol. The molecule has 0 saturated carbocycles. The minimum atomic E-state index is -1.33. The highest BCUT2D eigenvalue weighted by Crippen LogP contribution is 2.23. The lowest BCUT2D eigenvalue weighted by molar-refractivity contribution is -0.117. The van der Waals surface area contributed by atoms with Gasteiger partial charge in [-0.25, -0.2) is 4.79 Å². The molecule has 2 atom stereocenters. The lowest BCUT2D eigenvalue weighted by atomic mass is 9.88. The van der Waals surface area contributed by atoms with E-state index in [1.807, 2.05) is 30.3 Å². The fraction of sp³-hybridized carbons (Fsp3) is 0.611. The Morgan fingerprint density at radius 1 is 1.38 bits per heavy atom. The summed E-state index contributed by atoms with van der Waals surface area (Å²) in [5, 5.41) is 23.5. The number of carbonyl (C=O) groups excluding carboxylic acids is 1. The summed E-state index contributed by atoms with van der Waals surface area (Å²) in [5.41, 5.74) is -0.754. The van der Waals surface area contributed by atoms with Crippen LogP contribution in [0.4, 0.5) is 4.79 Å². The maximum absolute atomic E-state index is 11.7. The molecule has 1 aromatic carbocycles. The molecule has 24 heavy (non-hydrogen) atoms. The van der Waals surface area contributed by atoms with Crippen molar-refractivity contribution < 1.29 is 19.7 Å². The highest BCUT2D eigenvalue weighted by atomic mass is 16.6. The van der Waals surface area contributed by atoms with Crippen LogP contribution in [0.5, 0.6) is 0 Å². The van der Waals surface area contributed by atoms with Gasteiger partial charge in [0.2, 0.25) is 0 Å². The monoisotopic (exact) mass is 336 g/mol. The molecular weight excluding hydrogens is 308 g/mol. The van der Waals surface area contributed by atoms with Crippen LogP contribution in [-0.2, 0) is 11.3 Å². The van der Waals surface area contributed by atoms with Crippen LogP contribution in [0, 0.1) is 0 Å². The largest absolute Gasteiger partial charge is 0.444 e. The molecule has 3 N–H and O–H groups in total. The minimum Gasteiger partial charge on any atom is -0.444 e. The zero-order chi connectivity index (χ0) is 17.8. The summed E-state index contributed by atoms with van der Waals surface area (Å²) in [4.78, 5) is 13.8. The maximum atomic E-state index is 11.7. The first-order valence-corrected chi connectivity index (χ1v) is 8.31. The smallest absolute Gasteiger partial charge is 0.407 e. The van der Waals surface area contributed by atoms with E-state index in [-0.39, 0.29) is 6.54 Å². The Balaban J connectivity index is 1.84. The first-order valence-electron chi connectivity index (χ1n) is 8.31. The molecule has 0 aromatic heterocycles. The van der Waals surface area contributed by atoms with Crippen molar-refractivity contribution in [3.63, 3.8) is 0 Å². The minimum absolute atomic E-state index is 0.0255. The summed E-state index contributed by atoms with van der Waals surface area (Å²) < 4.78 is 5.16. The molecule has 0 unspecified atom stereocenters. The van der Waals surface area contributed by atoms with Gasteiger partial charge in [0.1, 0.15) is 11.2 Å². The van der Waals surface area contributed by atoms with Crippen molar-refractivity contribution >= 4 is 6.09 Å². The van der Waals surface area contributed by atoms with Crippen molar-refractivity contribution in [2.24, 2.45) is 0 Å². The van der Waals surface area contributed by atoms with Crippen LogP contribution in [0.15, 0.2) is 30.3 Å². The van der Waals surface area contributed by atoms with Crippen LogP contribution >= 0.6 is 0 Å². The van der Waals surface area contributed by atoms with Gasteiger partial charge >= 0.3 is 6.09 Å². The van der Waals surface area contributed by atoms with Crippen LogP contribution in [0.25, 0.3) is 0 Å². The number of piperidine rings is 1. The third kappa shape index (κ3) is 5.47. The topological polar surface area (TPSA) is 82.0 Å². The number of alkyl carbamates (subject to hydrolysis) is 1. The van der Waals surface area contributed by atoms with Gasteiger partial charge in [0.25, 0.3) is 0 Å². The summed E-state index contributed by atoms with van der Waals surface area (Å²) in [6.45, 7) is 7.05. The van der Waals surface area contributed by atoms with Gasteiger partial charge in [0.15, 0.2) is 0 Å². The van der Waals surface area contributed by atoms with E-state index in [0.29, 0.717) is 19.5 Å². The lowest BCUT2D eigenvalue weighted by Crippen LogP contribution is -2.60. The third-order valence-electron chi connectivity index (χ3n) is 4.10. The van der Waals surface area contributed by atoms with Gasteiger partial charge in [-0.2, -0.15) is 0 Å². The number of β-amino-alcohol motifs (C(OH)–C–C–N with tert-alkyl or cyclic N) is 1. The third-order valence-corrected chi connectivity index (χ3v) is 4.10. The summed E-state index contributed by atoms with van der Waals surface area (Å²) in [5.74, 6) is 0. The Morgan fingerprint density at radius 3 is 2.62 bits per heavy atom. The van der Waals surface area contributed by atoms with Crippen molar-refractivity contribution in [3.8, 4) is 0 Å². The number of rotatable bonds is 4. The Labute approximate surface area is 143 Å². The molecular formula is C18H28N2O4. The molecule has 1 aliphatic heterocycles. The second-order valence-corrected chi connectivity index (χ2v) is 7.45. The number of aliphatic hydroxyl groups is 2. The van der Waals surface area contributed by atoms with E-state index < -0.39 is 23.4 Å². The molecule has 1 aliphatic rings. The fourth-order valence-corrected chi connectivity index (χ4v) is 2.75. The predicted molar refractivity (Wildman–Crippen MR) is 91.5 cm³/mol. The molecule has 0 spiro atoms. The van der Waals surface area contributed by atoms with Crippen molar-refractivity contribution in [2.45, 2.75) is 51.0 Å². The molecule has 0 radical (unpaired) electrons. The molecule has 0 aliphatic carbocycles. The predicted octanol–water partition coefficient (Wildman–Crippen LogP) is 1.51. The van der Waals surface area contributed by atoms with Crippen molar-refractivity contribution in [2.75, 3.05) is 19.6 Å². The summed E-state index contributed by atoms with van der Waals surface area (Å²) >= 11 is 0. The molecule has 1 fully saturated rings. The van der Waals surface area contributed by atoms with E-state index >= 15 is 0 Å². The van der Waals surface area contributed by atoms with Gasteiger partial charge in [-0.3, -0.25) is 4.90 Å². The van der Waals surface area contributed by atoms with Gasteiger partial charge in [0.05, 0.1) is 12.6 Å². The number of nitrogens with zero attached hydrogens (tertiary/aromatic N) is 1. The van der Waals surface area contributed by atoms with Gasteiger partial charge in [-0.1, -0.05) is 30.3 Å². The molecule has 2 rings (SSSR count). The molecule has 1 amide bonds. The second kappa shape index (κ2) is 7.51. The van der Waals surface area contributed by atoms with Crippen LogP contribution < -0.4 is 5.32 Å². The van der Waals surface area contributed by atoms with Gasteiger partial charge in [-0.05, 0) is 32.8 Å². The van der Waals surface area contributed by atoms with E-state index in [4.69, 9.17) is 4.74 Å². The van der Waals surface area contributed by atoms with E-state index in [1.165, 1.54) is 5.56 Å². The molecule has 6 heteroatoms. The number of hydrogen-bond donors (Lipinski definition) is 3. The number of amides is 1. The van der Waals surface area contributed by atoms with Crippen molar-refractivity contribution in [1.29, 1.82) is 0 Å². The highest BCUT2D eigenvalue weighted by Gasteiger charge is 2.41. The van der Waals surface area contributed by atoms with Gasteiger partial charge in [-0.15, -0.1) is 0 Å². The summed E-state index contributed by atoms with van der Waals surface area (Å²) in [6.07, 6.45) is -1.13. The number of likely N-dealkylation sites (tertiary alicyclic amines) is 1. The standard InChI is InChI=1S/C18H28N2O4/c1-17(2,3)24-16(22)19-13-18(23)9-10-20(12-15(18)21)11-14-7-5-4-6-8-14/h4-8,15,21,23H,9-13H2,1-3H3,(H,19,22)/t15-,18-/m1/s1. The number of ether oxygens (including phenoxy) is 1. The first-order chi connectivity index (χ1) is 11.2. The number of hydrogen-bond acceptors (Lipinski definition) is 5. The molecule has 1 saturated heterocycles. The van der Waals surface area contributed by atoms with E-state index in [0.717, 1.165) is 6.54 Å². The normalized spacial score (nSPS) is 25.3. The molecule has 1 heterocycles. The Kier molecular flexibility index (Phi) is 5.85. The zero-order valence-corrected chi connectivity index (χ0v) is 14.7. The van der Waals surface area contributed by atoms with Crippen LogP contribution in [0.3, 0.4) is 0 Å². The lowest BCUT2D eigenvalue weighted by Gasteiger charge is -2.42. The summed E-state index contributed by atoms with van der Waals surface area (Å²) in [6, 6.07) is 10.0. The molecule has 134 valence electrons. The van der Waals surface area contributed by atoms with E-state index in [9.17, 15) is 15.0 Å². The van der Waals surface area contributed by atoms with E-state index in [2.05, 4.69) is 10.2 Å². The van der Waals surface area contributed by atoms with Gasteiger partial charge in [0, 0.05) is 19.6 Å². The average Bonchev–Trinajstić information content (AvgIpc) is 2.49. The summed E-state index contributed by atoms with van der Waals surface area (Å²) in [7, 11) is 0. The second-order valence-electron chi connectivity index (χ2n) is 7.45. The maximum Gasteiger partial charge on any atom is 0.407 e. The van der Waals surface area contributed by atoms with Crippen LogP contribution in [0.2, 0.25) is 0 Å². The van der Waals surface area contributed by atoms with Crippen LogP contribution in [0.1, 0.15) is 32.8 Å². The molecule has 6 nitrogen and oxygen atoms in total. The molecule has 1 aromatic rings. The Bertz CT molecular complexity index is 544. The number of benzene rings is 1. The zero-order valence-electron chi connectivity index (χ0n) is 14.7. The highest BCUT2D eigenvalue weighted by molar-refractivity contribution is 5.67.